The summed E-state index contributed by atoms with van der Waals surface area (Å²) in [5.74, 6) is 0.867. The predicted octanol–water partition coefficient (Wildman–Crippen LogP) is 6.21. The molecule has 0 N–H and O–H groups in total. The molecular formula is C30H34N4O. The van der Waals surface area contributed by atoms with Crippen molar-refractivity contribution in [2.45, 2.75) is 13.3 Å². The fourth-order valence-corrected chi connectivity index (χ4v) is 4.85. The first-order valence-corrected chi connectivity index (χ1v) is 12.5. The van der Waals surface area contributed by atoms with Crippen LogP contribution in [0.25, 0.3) is 22.0 Å². The fraction of sp³-hybridized carbons (Fsp3) is 0.300. The van der Waals surface area contributed by atoms with Gasteiger partial charge >= 0.3 is 0 Å². The Morgan fingerprint density at radius 3 is 2.26 bits per heavy atom. The normalized spacial score (nSPS) is 14.3. The van der Waals surface area contributed by atoms with E-state index in [0.717, 1.165) is 55.8 Å². The van der Waals surface area contributed by atoms with Crippen molar-refractivity contribution in [3.8, 4) is 16.9 Å². The Bertz CT molecular complexity index is 1260. The van der Waals surface area contributed by atoms with Crippen molar-refractivity contribution in [2.75, 3.05) is 56.7 Å². The number of hydrogen-bond donors (Lipinski definition) is 0. The van der Waals surface area contributed by atoms with Gasteiger partial charge in [0.2, 0.25) is 0 Å². The average Bonchev–Trinajstić information content (AvgIpc) is 2.92. The van der Waals surface area contributed by atoms with Gasteiger partial charge in [0.1, 0.15) is 5.75 Å². The highest BCUT2D eigenvalue weighted by Gasteiger charge is 2.17. The van der Waals surface area contributed by atoms with E-state index in [4.69, 9.17) is 4.74 Å². The summed E-state index contributed by atoms with van der Waals surface area (Å²) in [5.41, 5.74) is 7.07. The van der Waals surface area contributed by atoms with Crippen LogP contribution in [0.15, 0.2) is 79.0 Å². The van der Waals surface area contributed by atoms with Crippen LogP contribution in [0.4, 0.5) is 17.1 Å². The van der Waals surface area contributed by atoms with E-state index >= 15 is 0 Å². The molecule has 1 aliphatic rings. The third-order valence-corrected chi connectivity index (χ3v) is 6.91. The van der Waals surface area contributed by atoms with Crippen molar-refractivity contribution in [1.82, 2.24) is 9.88 Å². The van der Waals surface area contributed by atoms with Crippen molar-refractivity contribution in [3.63, 3.8) is 0 Å². The number of hydrogen-bond acceptors (Lipinski definition) is 5. The van der Waals surface area contributed by atoms with Crippen LogP contribution in [-0.4, -0.2) is 56.8 Å². The van der Waals surface area contributed by atoms with Crippen molar-refractivity contribution in [3.05, 3.63) is 79.0 Å². The van der Waals surface area contributed by atoms with Gasteiger partial charge in [0, 0.05) is 55.7 Å². The van der Waals surface area contributed by atoms with E-state index in [1.165, 1.54) is 28.2 Å². The third-order valence-electron chi connectivity index (χ3n) is 6.91. The molecule has 1 aliphatic heterocycles. The summed E-state index contributed by atoms with van der Waals surface area (Å²) < 4.78 is 5.33. The lowest BCUT2D eigenvalue weighted by molar-refractivity contribution is 0.313. The van der Waals surface area contributed by atoms with Gasteiger partial charge < -0.3 is 19.4 Å². The zero-order chi connectivity index (χ0) is 24.2. The molecule has 0 saturated carbocycles. The number of benzene rings is 3. The predicted molar refractivity (Wildman–Crippen MR) is 147 cm³/mol. The topological polar surface area (TPSA) is 31.8 Å². The molecule has 0 amide bonds. The number of ether oxygens (including phenoxy) is 1. The van der Waals surface area contributed by atoms with Crippen LogP contribution in [0, 0.1) is 0 Å². The van der Waals surface area contributed by atoms with Crippen LogP contribution < -0.4 is 14.5 Å². The van der Waals surface area contributed by atoms with Crippen LogP contribution in [0.3, 0.4) is 0 Å². The van der Waals surface area contributed by atoms with E-state index in [2.05, 4.69) is 94.3 Å². The summed E-state index contributed by atoms with van der Waals surface area (Å²) in [6.07, 6.45) is 2.98. The summed E-state index contributed by atoms with van der Waals surface area (Å²) in [6, 6.07) is 26.0. The Morgan fingerprint density at radius 1 is 0.857 bits per heavy atom. The Balaban J connectivity index is 1.49. The van der Waals surface area contributed by atoms with Gasteiger partial charge in [0.25, 0.3) is 0 Å². The minimum Gasteiger partial charge on any atom is -0.497 e. The lowest BCUT2D eigenvalue weighted by atomic mass is 10.0. The largest absolute Gasteiger partial charge is 0.497 e. The minimum atomic E-state index is 0.867. The van der Waals surface area contributed by atoms with Crippen LogP contribution in [-0.2, 0) is 0 Å². The molecule has 35 heavy (non-hydrogen) atoms. The lowest BCUT2D eigenvalue weighted by Crippen LogP contribution is -2.44. The Labute approximate surface area is 208 Å². The molecular weight excluding hydrogens is 432 g/mol. The molecule has 5 heteroatoms. The standard InChI is InChI=1S/C30H34N4O/c1-4-17-34(26-10-8-25(9-11-26)33-20-18-32(2)19-21-33)30-15-16-31-29-14-7-24(22-28(29)30)23-5-12-27(35-3)13-6-23/h5-16,22H,4,17-21H2,1-3H3. The van der Waals surface area contributed by atoms with Gasteiger partial charge in [-0.1, -0.05) is 25.1 Å². The van der Waals surface area contributed by atoms with E-state index in [1.807, 2.05) is 18.3 Å². The first kappa shape index (κ1) is 23.2. The molecule has 0 radical (unpaired) electrons. The van der Waals surface area contributed by atoms with Gasteiger partial charge in [-0.15, -0.1) is 0 Å². The maximum Gasteiger partial charge on any atom is 0.118 e. The molecule has 0 spiro atoms. The quantitative estimate of drug-likeness (QED) is 0.323. The van der Waals surface area contributed by atoms with Gasteiger partial charge in [-0.05, 0) is 79.2 Å². The van der Waals surface area contributed by atoms with E-state index < -0.39 is 0 Å². The van der Waals surface area contributed by atoms with Gasteiger partial charge in [0.15, 0.2) is 0 Å². The smallest absolute Gasteiger partial charge is 0.118 e. The summed E-state index contributed by atoms with van der Waals surface area (Å²) in [6.45, 7) is 7.57. The number of anilines is 3. The van der Waals surface area contributed by atoms with Crippen molar-refractivity contribution in [1.29, 1.82) is 0 Å². The fourth-order valence-electron chi connectivity index (χ4n) is 4.85. The van der Waals surface area contributed by atoms with E-state index in [1.54, 1.807) is 7.11 Å². The monoisotopic (exact) mass is 466 g/mol. The molecule has 0 aliphatic carbocycles. The summed E-state index contributed by atoms with van der Waals surface area (Å²) in [7, 11) is 3.89. The van der Waals surface area contributed by atoms with E-state index in [-0.39, 0.29) is 0 Å². The number of methoxy groups -OCH3 is 1. The summed E-state index contributed by atoms with van der Waals surface area (Å²) in [5, 5.41) is 1.16. The van der Waals surface area contributed by atoms with Crippen LogP contribution in [0.5, 0.6) is 5.75 Å². The number of nitrogens with zero attached hydrogens (tertiary/aromatic N) is 4. The number of piperazine rings is 1. The zero-order valence-corrected chi connectivity index (χ0v) is 20.9. The highest BCUT2D eigenvalue weighted by atomic mass is 16.5. The van der Waals surface area contributed by atoms with Crippen LogP contribution in [0.2, 0.25) is 0 Å². The number of fused-ring (bicyclic) bond motifs is 1. The molecule has 2 heterocycles. The van der Waals surface area contributed by atoms with E-state index in [9.17, 15) is 0 Å². The van der Waals surface area contributed by atoms with Crippen molar-refractivity contribution < 1.29 is 4.74 Å². The Kier molecular flexibility index (Phi) is 6.87. The lowest BCUT2D eigenvalue weighted by Gasteiger charge is -2.34. The summed E-state index contributed by atoms with van der Waals surface area (Å²) in [4.78, 5) is 12.0. The molecule has 4 aromatic rings. The molecule has 5 rings (SSSR count). The molecule has 1 saturated heterocycles. The maximum absolute atomic E-state index is 5.33. The highest BCUT2D eigenvalue weighted by molar-refractivity contribution is 5.96. The Morgan fingerprint density at radius 2 is 1.57 bits per heavy atom. The molecule has 1 aromatic heterocycles. The van der Waals surface area contributed by atoms with Crippen molar-refractivity contribution >= 4 is 28.0 Å². The first-order chi connectivity index (χ1) is 17.2. The van der Waals surface area contributed by atoms with Crippen molar-refractivity contribution in [2.24, 2.45) is 0 Å². The SMILES string of the molecule is CCCN(c1ccc(N2CCN(C)CC2)cc1)c1ccnc2ccc(-c3ccc(OC)cc3)cc12. The minimum absolute atomic E-state index is 0.867. The number of rotatable bonds is 7. The van der Waals surface area contributed by atoms with E-state index in [0.29, 0.717) is 0 Å². The first-order valence-electron chi connectivity index (χ1n) is 12.5. The zero-order valence-electron chi connectivity index (χ0n) is 20.9. The molecule has 180 valence electrons. The second kappa shape index (κ2) is 10.4. The second-order valence-corrected chi connectivity index (χ2v) is 9.25. The highest BCUT2D eigenvalue weighted by Crippen LogP contribution is 2.35. The third kappa shape index (κ3) is 4.96. The molecule has 0 atom stereocenters. The van der Waals surface area contributed by atoms with Gasteiger partial charge in [-0.2, -0.15) is 0 Å². The Hall–Kier alpha value is -3.57. The molecule has 1 fully saturated rings. The van der Waals surface area contributed by atoms with Gasteiger partial charge in [-0.25, -0.2) is 0 Å². The second-order valence-electron chi connectivity index (χ2n) is 9.25. The average molecular weight is 467 g/mol. The van der Waals surface area contributed by atoms with Crippen LogP contribution >= 0.6 is 0 Å². The van der Waals surface area contributed by atoms with Crippen LogP contribution in [0.1, 0.15) is 13.3 Å². The number of pyridine rings is 1. The molecule has 0 unspecified atom stereocenters. The molecule has 5 nitrogen and oxygen atoms in total. The number of likely N-dealkylation sites (N-methyl/N-ethyl adjacent to an activating group) is 1. The molecule has 3 aromatic carbocycles. The van der Waals surface area contributed by atoms with Gasteiger partial charge in [-0.3, -0.25) is 4.98 Å². The van der Waals surface area contributed by atoms with Gasteiger partial charge in [0.05, 0.1) is 18.3 Å². The maximum atomic E-state index is 5.33. The molecule has 0 bridgehead atoms. The summed E-state index contributed by atoms with van der Waals surface area (Å²) >= 11 is 0. The number of aromatic nitrogens is 1.